The second-order valence-electron chi connectivity index (χ2n) is 7.64. The molecule has 0 aromatic carbocycles. The number of aromatic nitrogens is 2. The first-order valence-electron chi connectivity index (χ1n) is 8.65. The highest BCUT2D eigenvalue weighted by Crippen LogP contribution is 2.23. The van der Waals surface area contributed by atoms with Crippen LogP contribution in [0.1, 0.15) is 27.2 Å². The van der Waals surface area contributed by atoms with Crippen molar-refractivity contribution in [1.82, 2.24) is 19.8 Å². The number of amides is 1. The number of aromatic amines is 1. The van der Waals surface area contributed by atoms with E-state index in [-0.39, 0.29) is 19.5 Å². The number of nitrogens with zero attached hydrogens (tertiary/aromatic N) is 2. The van der Waals surface area contributed by atoms with Crippen molar-refractivity contribution in [2.24, 2.45) is 0 Å². The Balaban J connectivity index is 2.39. The van der Waals surface area contributed by atoms with Crippen molar-refractivity contribution in [2.45, 2.75) is 57.5 Å². The number of hydrogen-bond donors (Lipinski definition) is 3. The van der Waals surface area contributed by atoms with Gasteiger partial charge in [0, 0.05) is 30.8 Å². The summed E-state index contributed by atoms with van der Waals surface area (Å²) in [7, 11) is 1.24. The number of rotatable bonds is 5. The number of ether oxygens (including phenoxy) is 1. The summed E-state index contributed by atoms with van der Waals surface area (Å²) in [6, 6.07) is -0.551. The van der Waals surface area contributed by atoms with Gasteiger partial charge in [0.2, 0.25) is 5.91 Å². The van der Waals surface area contributed by atoms with E-state index in [0.29, 0.717) is 0 Å². The van der Waals surface area contributed by atoms with E-state index in [1.807, 2.05) is 20.8 Å². The Hall–Kier alpha value is -2.46. The molecule has 1 aromatic heterocycles. The summed E-state index contributed by atoms with van der Waals surface area (Å²) in [4.78, 5) is 52.0. The van der Waals surface area contributed by atoms with Crippen molar-refractivity contribution in [3.05, 3.63) is 33.1 Å². The molecule has 10 heteroatoms. The van der Waals surface area contributed by atoms with E-state index >= 15 is 0 Å². The van der Waals surface area contributed by atoms with Crippen LogP contribution in [0.4, 0.5) is 0 Å². The number of likely N-dealkylation sites (tertiary alicyclic amines) is 1. The molecule has 3 atom stereocenters. The van der Waals surface area contributed by atoms with Gasteiger partial charge < -0.3 is 15.2 Å². The lowest BCUT2D eigenvalue weighted by Gasteiger charge is -2.33. The number of esters is 1. The molecule has 1 aliphatic heterocycles. The fourth-order valence-corrected chi connectivity index (χ4v) is 3.12. The van der Waals surface area contributed by atoms with Crippen LogP contribution in [0.5, 0.6) is 0 Å². The summed E-state index contributed by atoms with van der Waals surface area (Å²) < 4.78 is 5.98. The normalized spacial score (nSPS) is 21.7. The lowest BCUT2D eigenvalue weighted by Crippen LogP contribution is -2.57. The van der Waals surface area contributed by atoms with Gasteiger partial charge in [-0.25, -0.2) is 4.79 Å². The molecule has 1 aliphatic rings. The highest BCUT2D eigenvalue weighted by atomic mass is 16.5. The van der Waals surface area contributed by atoms with Crippen LogP contribution in [-0.2, 0) is 20.9 Å². The van der Waals surface area contributed by atoms with Gasteiger partial charge in [-0.15, -0.1) is 0 Å². The number of methoxy groups -OCH3 is 1. The molecule has 10 nitrogen and oxygen atoms in total. The highest BCUT2D eigenvalue weighted by Gasteiger charge is 2.43. The van der Waals surface area contributed by atoms with Gasteiger partial charge in [-0.05, 0) is 20.8 Å². The van der Waals surface area contributed by atoms with E-state index in [1.165, 1.54) is 28.8 Å². The van der Waals surface area contributed by atoms with Gasteiger partial charge in [0.1, 0.15) is 12.1 Å². The molecule has 0 saturated carbocycles. The number of carbonyl (C=O) groups excluding carboxylic acids is 2. The van der Waals surface area contributed by atoms with Gasteiger partial charge in [0.15, 0.2) is 0 Å². The molecule has 1 unspecified atom stereocenters. The third-order valence-corrected chi connectivity index (χ3v) is 4.26. The Bertz CT molecular complexity index is 809. The molecule has 1 amide bonds. The fraction of sp³-hybridized carbons (Fsp3) is 0.647. The molecule has 150 valence electrons. The molecular weight excluding hydrogens is 356 g/mol. The Morgan fingerprint density at radius 3 is 2.63 bits per heavy atom. The van der Waals surface area contributed by atoms with Crippen LogP contribution in [-0.4, -0.2) is 68.8 Å². The summed E-state index contributed by atoms with van der Waals surface area (Å²) in [5, 5.41) is 12.9. The molecule has 3 N–H and O–H groups in total. The summed E-state index contributed by atoms with van der Waals surface area (Å²) >= 11 is 0. The van der Waals surface area contributed by atoms with E-state index in [4.69, 9.17) is 4.74 Å². The second-order valence-corrected chi connectivity index (χ2v) is 7.64. The molecule has 0 spiro atoms. The summed E-state index contributed by atoms with van der Waals surface area (Å²) in [5.74, 6) is -0.961. The van der Waals surface area contributed by atoms with Crippen molar-refractivity contribution >= 4 is 11.9 Å². The van der Waals surface area contributed by atoms with Gasteiger partial charge in [-0.3, -0.25) is 28.8 Å². The highest BCUT2D eigenvalue weighted by molar-refractivity contribution is 5.84. The maximum Gasteiger partial charge on any atom is 0.328 e. The minimum atomic E-state index is -0.922. The standard InChI is InChI=1S/C17H26N4O6/c1-17(2,3)19-14(24)12(9-20-6-5-13(23)18-16(20)26)21-8-10(22)7-11(21)15(25)27-4/h5-6,10-12,22H,7-9H2,1-4H3,(H,19,24)(H,18,23,26)/t10-,11+,12?/m0/s1. The van der Waals surface area contributed by atoms with E-state index in [9.17, 15) is 24.3 Å². The molecule has 1 aromatic rings. The smallest absolute Gasteiger partial charge is 0.328 e. The van der Waals surface area contributed by atoms with Gasteiger partial charge >= 0.3 is 11.7 Å². The number of aliphatic hydroxyl groups is 1. The summed E-state index contributed by atoms with van der Waals surface area (Å²) in [5.41, 5.74) is -1.74. The molecule has 1 fully saturated rings. The van der Waals surface area contributed by atoms with Crippen molar-refractivity contribution < 1.29 is 19.4 Å². The van der Waals surface area contributed by atoms with E-state index in [0.717, 1.165) is 0 Å². The average Bonchev–Trinajstić information content (AvgIpc) is 2.93. The SMILES string of the molecule is COC(=O)[C@H]1C[C@H](O)CN1C(Cn1ccc(=O)[nH]c1=O)C(=O)NC(C)(C)C. The quantitative estimate of drug-likeness (QED) is 0.524. The monoisotopic (exact) mass is 382 g/mol. The van der Waals surface area contributed by atoms with Crippen LogP contribution in [0.3, 0.4) is 0 Å². The van der Waals surface area contributed by atoms with Gasteiger partial charge in [0.05, 0.1) is 19.8 Å². The van der Waals surface area contributed by atoms with Crippen molar-refractivity contribution in [3.8, 4) is 0 Å². The number of β-amino-alcohol motifs (C(OH)–C–C–N with tert-alkyl or cyclic N) is 1. The summed E-state index contributed by atoms with van der Waals surface area (Å²) in [6.07, 6.45) is 0.622. The zero-order valence-electron chi connectivity index (χ0n) is 15.9. The number of nitrogens with one attached hydrogen (secondary N) is 2. The van der Waals surface area contributed by atoms with Crippen LogP contribution < -0.4 is 16.6 Å². The first-order chi connectivity index (χ1) is 12.5. The maximum absolute atomic E-state index is 12.9. The van der Waals surface area contributed by atoms with Crippen LogP contribution in [0.15, 0.2) is 21.9 Å². The largest absolute Gasteiger partial charge is 0.468 e. The summed E-state index contributed by atoms with van der Waals surface area (Å²) in [6.45, 7) is 5.41. The molecule has 2 heterocycles. The molecule has 2 rings (SSSR count). The number of carbonyl (C=O) groups is 2. The van der Waals surface area contributed by atoms with E-state index in [2.05, 4.69) is 10.3 Å². The lowest BCUT2D eigenvalue weighted by atomic mass is 10.1. The molecule has 0 aliphatic carbocycles. The van der Waals surface area contributed by atoms with Crippen LogP contribution in [0, 0.1) is 0 Å². The minimum Gasteiger partial charge on any atom is -0.468 e. The van der Waals surface area contributed by atoms with Crippen LogP contribution >= 0.6 is 0 Å². The van der Waals surface area contributed by atoms with E-state index < -0.39 is 46.9 Å². The fourth-order valence-electron chi connectivity index (χ4n) is 3.12. The predicted molar refractivity (Wildman–Crippen MR) is 96.1 cm³/mol. The predicted octanol–water partition coefficient (Wildman–Crippen LogP) is -1.57. The third-order valence-electron chi connectivity index (χ3n) is 4.26. The van der Waals surface area contributed by atoms with Crippen molar-refractivity contribution in [3.63, 3.8) is 0 Å². The number of hydrogen-bond acceptors (Lipinski definition) is 7. The Labute approximate surface area is 156 Å². The van der Waals surface area contributed by atoms with Crippen LogP contribution in [0.25, 0.3) is 0 Å². The molecule has 27 heavy (non-hydrogen) atoms. The van der Waals surface area contributed by atoms with Gasteiger partial charge in [-0.1, -0.05) is 0 Å². The molecular formula is C17H26N4O6. The Kier molecular flexibility index (Phi) is 6.22. The first kappa shape index (κ1) is 20.8. The van der Waals surface area contributed by atoms with Crippen molar-refractivity contribution in [2.75, 3.05) is 13.7 Å². The zero-order chi connectivity index (χ0) is 20.4. The van der Waals surface area contributed by atoms with Crippen molar-refractivity contribution in [1.29, 1.82) is 0 Å². The van der Waals surface area contributed by atoms with E-state index in [1.54, 1.807) is 0 Å². The maximum atomic E-state index is 12.9. The lowest BCUT2D eigenvalue weighted by molar-refractivity contribution is -0.148. The molecule has 0 bridgehead atoms. The topological polar surface area (TPSA) is 134 Å². The first-order valence-corrected chi connectivity index (χ1v) is 8.65. The second kappa shape index (κ2) is 8.05. The number of aliphatic hydroxyl groups excluding tert-OH is 1. The Morgan fingerprint density at radius 2 is 2.07 bits per heavy atom. The van der Waals surface area contributed by atoms with Gasteiger partial charge in [-0.2, -0.15) is 0 Å². The third kappa shape index (κ3) is 5.27. The zero-order valence-corrected chi connectivity index (χ0v) is 15.9. The molecule has 0 radical (unpaired) electrons. The molecule has 1 saturated heterocycles. The van der Waals surface area contributed by atoms with Crippen LogP contribution in [0.2, 0.25) is 0 Å². The minimum absolute atomic E-state index is 0.0834. The average molecular weight is 382 g/mol. The Morgan fingerprint density at radius 1 is 1.41 bits per heavy atom. The number of H-pyrrole nitrogens is 1. The van der Waals surface area contributed by atoms with Gasteiger partial charge in [0.25, 0.3) is 5.56 Å².